The number of esters is 2. The molecular weight excluding hydrogens is 647 g/mol. The number of ketones is 1. The molecule has 0 heterocycles. The third-order valence-corrected chi connectivity index (χ3v) is 6.66. The van der Waals surface area contributed by atoms with E-state index >= 15 is 0 Å². The van der Waals surface area contributed by atoms with Crippen LogP contribution in [0.4, 0.5) is 9.59 Å². The molecule has 41 heavy (non-hydrogen) atoms. The van der Waals surface area contributed by atoms with Gasteiger partial charge in [0.2, 0.25) is 0 Å². The number of benzene rings is 2. The third kappa shape index (κ3) is 14.0. The van der Waals surface area contributed by atoms with Crippen molar-refractivity contribution >= 4 is 52.5 Å². The molecule has 2 amide bonds. The van der Waals surface area contributed by atoms with Crippen LogP contribution in [0.3, 0.4) is 0 Å². The molecule has 0 spiro atoms. The summed E-state index contributed by atoms with van der Waals surface area (Å²) in [7, 11) is 2.50. The molecule has 2 N–H and O–H groups in total. The number of carbonyl (C=O) groups is 5. The lowest BCUT2D eigenvalue weighted by Crippen LogP contribution is -2.43. The van der Waals surface area contributed by atoms with E-state index in [2.05, 4.69) is 20.1 Å². The van der Waals surface area contributed by atoms with Gasteiger partial charge in [-0.3, -0.25) is 4.79 Å². The van der Waals surface area contributed by atoms with Gasteiger partial charge < -0.3 is 29.6 Å². The first-order valence-electron chi connectivity index (χ1n) is 12.9. The van der Waals surface area contributed by atoms with Crippen molar-refractivity contribution in [1.29, 1.82) is 0 Å². The average Bonchev–Trinajstić information content (AvgIpc) is 3.81. The number of alkyl halides is 1. The number of methoxy groups -OCH3 is 2. The predicted octanol–water partition coefficient (Wildman–Crippen LogP) is 4.10. The maximum Gasteiger partial charge on any atom is 0.408 e. The van der Waals surface area contributed by atoms with Crippen molar-refractivity contribution in [2.45, 2.75) is 51.0 Å². The van der Waals surface area contributed by atoms with Gasteiger partial charge in [0.05, 0.1) is 14.2 Å². The zero-order chi connectivity index (χ0) is 30.0. The molecule has 11 nitrogen and oxygen atoms in total. The van der Waals surface area contributed by atoms with Crippen molar-refractivity contribution in [3.8, 4) is 0 Å². The minimum Gasteiger partial charge on any atom is -0.467 e. The number of Topliss-reactive ketones (excluding diaryl/α,β-unsaturated/α-hetero) is 1. The fourth-order valence-electron chi connectivity index (χ4n) is 3.41. The molecule has 1 aliphatic carbocycles. The van der Waals surface area contributed by atoms with Crippen LogP contribution in [-0.4, -0.2) is 60.6 Å². The van der Waals surface area contributed by atoms with Crippen molar-refractivity contribution in [3.05, 3.63) is 71.8 Å². The highest BCUT2D eigenvalue weighted by Gasteiger charge is 2.29. The lowest BCUT2D eigenvalue weighted by atomic mass is 10.1. The lowest BCUT2D eigenvalue weighted by Gasteiger charge is -2.15. The van der Waals surface area contributed by atoms with Crippen LogP contribution in [0, 0.1) is 5.92 Å². The second kappa shape index (κ2) is 18.6. The number of alkyl carbamates (subject to hydrolysis) is 2. The van der Waals surface area contributed by atoms with Crippen molar-refractivity contribution in [1.82, 2.24) is 10.6 Å². The Bertz CT molecular complexity index is 1130. The van der Waals surface area contributed by atoms with Crippen LogP contribution in [0.2, 0.25) is 0 Å². The van der Waals surface area contributed by atoms with E-state index in [0.29, 0.717) is 16.8 Å². The largest absolute Gasteiger partial charge is 0.467 e. The molecule has 0 aliphatic heterocycles. The highest BCUT2D eigenvalue weighted by molar-refractivity contribution is 14.1. The van der Waals surface area contributed by atoms with E-state index in [9.17, 15) is 24.0 Å². The Kier molecular flexibility index (Phi) is 15.2. The molecule has 0 aromatic heterocycles. The van der Waals surface area contributed by atoms with Gasteiger partial charge in [-0.25, -0.2) is 19.2 Å². The van der Waals surface area contributed by atoms with Gasteiger partial charge in [0.1, 0.15) is 31.1 Å². The summed E-state index contributed by atoms with van der Waals surface area (Å²) < 4.78 is 19.7. The van der Waals surface area contributed by atoms with Crippen molar-refractivity contribution in [3.63, 3.8) is 0 Å². The van der Waals surface area contributed by atoms with Gasteiger partial charge in [0, 0.05) is 17.3 Å². The highest BCUT2D eigenvalue weighted by atomic mass is 127. The van der Waals surface area contributed by atoms with Crippen LogP contribution in [-0.2, 0) is 46.5 Å². The summed E-state index contributed by atoms with van der Waals surface area (Å²) in [5.74, 6) is -0.746. The zero-order valence-electron chi connectivity index (χ0n) is 23.0. The molecule has 3 rings (SSSR count). The number of rotatable bonds is 13. The Morgan fingerprint density at radius 2 is 1.20 bits per heavy atom. The van der Waals surface area contributed by atoms with Gasteiger partial charge in [-0.1, -0.05) is 83.3 Å². The number of hydrogen-bond donors (Lipinski definition) is 2. The number of carbonyl (C=O) groups excluding carboxylic acids is 5. The van der Waals surface area contributed by atoms with Crippen molar-refractivity contribution in [2.75, 3.05) is 18.6 Å². The number of amides is 2. The normalized spacial score (nSPS) is 13.2. The van der Waals surface area contributed by atoms with Gasteiger partial charge in [-0.15, -0.1) is 0 Å². The summed E-state index contributed by atoms with van der Waals surface area (Å²) in [5.41, 5.74) is 1.72. The molecule has 1 saturated carbocycles. The molecule has 0 radical (unpaired) electrons. The monoisotopic (exact) mass is 682 g/mol. The second-order valence-electron chi connectivity index (χ2n) is 9.11. The Morgan fingerprint density at radius 3 is 1.61 bits per heavy atom. The topological polar surface area (TPSA) is 146 Å². The second-order valence-corrected chi connectivity index (χ2v) is 9.99. The molecule has 12 heteroatoms. The van der Waals surface area contributed by atoms with Crippen LogP contribution >= 0.6 is 22.6 Å². The first-order chi connectivity index (χ1) is 19.7. The summed E-state index contributed by atoms with van der Waals surface area (Å²) in [6.07, 6.45) is 1.12. The summed E-state index contributed by atoms with van der Waals surface area (Å²) in [4.78, 5) is 58.1. The van der Waals surface area contributed by atoms with Gasteiger partial charge >= 0.3 is 24.1 Å². The molecule has 2 aromatic rings. The van der Waals surface area contributed by atoms with E-state index < -0.39 is 36.2 Å². The zero-order valence-corrected chi connectivity index (χ0v) is 25.2. The Morgan fingerprint density at radius 1 is 0.756 bits per heavy atom. The standard InChI is InChI=1S/C17H21NO5.C12H14INO4/c1-22-16(20)15(10-14(19)9-12-7-8-12)18-17(21)23-11-13-5-3-2-4-6-13;1-17-11(15)10(7-13)14-12(16)18-8-9-5-3-2-4-6-9/h2-6,12,15H,7-11H2,1H3,(H,18,21);2-6,10H,7-8H2,1H3,(H,14,16)/t15-;10-/m00/s1. The van der Waals surface area contributed by atoms with Crippen molar-refractivity contribution < 1.29 is 42.9 Å². The van der Waals surface area contributed by atoms with E-state index in [1.165, 1.54) is 14.2 Å². The van der Waals surface area contributed by atoms with Crippen LogP contribution in [0.15, 0.2) is 60.7 Å². The van der Waals surface area contributed by atoms with Gasteiger partial charge in [-0.2, -0.15) is 0 Å². The molecule has 1 fully saturated rings. The molecular formula is C29H35IN2O9. The predicted molar refractivity (Wildman–Crippen MR) is 157 cm³/mol. The van der Waals surface area contributed by atoms with Gasteiger partial charge in [0.15, 0.2) is 0 Å². The Labute approximate surface area is 252 Å². The molecule has 2 aromatic carbocycles. The fourth-order valence-corrected chi connectivity index (χ4v) is 3.99. The Balaban J connectivity index is 0.000000296. The summed E-state index contributed by atoms with van der Waals surface area (Å²) in [5, 5.41) is 4.85. The molecule has 0 bridgehead atoms. The minimum atomic E-state index is -1.01. The first-order valence-corrected chi connectivity index (χ1v) is 14.5. The van der Waals surface area contributed by atoms with E-state index in [1.807, 2.05) is 83.3 Å². The van der Waals surface area contributed by atoms with Crippen LogP contribution in [0.25, 0.3) is 0 Å². The summed E-state index contributed by atoms with van der Waals surface area (Å²) in [6.45, 7) is 0.262. The van der Waals surface area contributed by atoms with Crippen molar-refractivity contribution in [2.24, 2.45) is 5.92 Å². The lowest BCUT2D eigenvalue weighted by molar-refractivity contribution is -0.144. The maximum absolute atomic E-state index is 11.9. The first kappa shape index (κ1) is 33.5. The average molecular weight is 683 g/mol. The maximum atomic E-state index is 11.9. The molecule has 2 atom stereocenters. The van der Waals surface area contributed by atoms with E-state index in [0.717, 1.165) is 24.0 Å². The van der Waals surface area contributed by atoms with Crippen LogP contribution < -0.4 is 10.6 Å². The summed E-state index contributed by atoms with van der Waals surface area (Å²) >= 11 is 1.99. The van der Waals surface area contributed by atoms with Crippen LogP contribution in [0.1, 0.15) is 36.8 Å². The molecule has 0 unspecified atom stereocenters. The smallest absolute Gasteiger partial charge is 0.408 e. The third-order valence-electron chi connectivity index (χ3n) is 5.78. The molecule has 0 saturated heterocycles. The molecule has 222 valence electrons. The quantitative estimate of drug-likeness (QED) is 0.138. The minimum absolute atomic E-state index is 0.0498. The van der Waals surface area contributed by atoms with Gasteiger partial charge in [0.25, 0.3) is 0 Å². The summed E-state index contributed by atoms with van der Waals surface area (Å²) in [6, 6.07) is 16.8. The van der Waals surface area contributed by atoms with Crippen LogP contribution in [0.5, 0.6) is 0 Å². The number of halogens is 1. The highest BCUT2D eigenvalue weighted by Crippen LogP contribution is 2.33. The SMILES string of the molecule is COC(=O)[C@H](CC(=O)CC1CC1)NC(=O)OCc1ccccc1.COC(=O)[C@H](CI)NC(=O)OCc1ccccc1. The van der Waals surface area contributed by atoms with E-state index in [-0.39, 0.29) is 25.4 Å². The number of hydrogen-bond acceptors (Lipinski definition) is 9. The number of nitrogens with one attached hydrogen (secondary N) is 2. The van der Waals surface area contributed by atoms with E-state index in [4.69, 9.17) is 9.47 Å². The van der Waals surface area contributed by atoms with Gasteiger partial charge in [-0.05, 0) is 29.9 Å². The fraction of sp³-hybridized carbons (Fsp3) is 0.414. The molecule has 1 aliphatic rings. The van der Waals surface area contributed by atoms with E-state index in [1.54, 1.807) is 0 Å². The number of ether oxygens (including phenoxy) is 4. The Hall–Kier alpha value is -3.68.